The Morgan fingerprint density at radius 3 is 2.60 bits per heavy atom. The summed E-state index contributed by atoms with van der Waals surface area (Å²) in [5, 5.41) is 0. The van der Waals surface area contributed by atoms with E-state index in [4.69, 9.17) is 27.4 Å². The molecule has 2 aromatic rings. The molecule has 0 spiro atoms. The van der Waals surface area contributed by atoms with Crippen LogP contribution in [0.1, 0.15) is 11.1 Å². The van der Waals surface area contributed by atoms with E-state index in [-0.39, 0.29) is 0 Å². The molecule has 0 fully saturated rings. The zero-order valence-electron chi connectivity index (χ0n) is 11.2. The molecule has 1 aromatic carbocycles. The van der Waals surface area contributed by atoms with E-state index in [0.717, 1.165) is 12.0 Å². The van der Waals surface area contributed by atoms with Gasteiger partial charge in [-0.05, 0) is 35.9 Å². The lowest BCUT2D eigenvalue weighted by Gasteiger charge is -2.12. The zero-order valence-corrected chi connectivity index (χ0v) is 12.0. The summed E-state index contributed by atoms with van der Waals surface area (Å²) in [4.78, 5) is 4.32. The van der Waals surface area contributed by atoms with Gasteiger partial charge in [-0.15, -0.1) is 0 Å². The third kappa shape index (κ3) is 3.68. The number of aromatic nitrogens is 1. The maximum absolute atomic E-state index is 5.74. The van der Waals surface area contributed by atoms with Crippen LogP contribution in [0.3, 0.4) is 0 Å². The van der Waals surface area contributed by atoms with Crippen LogP contribution in [0, 0.1) is 0 Å². The Bertz CT molecular complexity index is 588. The second-order valence-electron chi connectivity index (χ2n) is 4.18. The highest BCUT2D eigenvalue weighted by molar-refractivity contribution is 7.80. The van der Waals surface area contributed by atoms with E-state index in [2.05, 4.69) is 4.98 Å². The lowest BCUT2D eigenvalue weighted by atomic mass is 10.2. The van der Waals surface area contributed by atoms with Gasteiger partial charge in [0.15, 0.2) is 11.5 Å². The molecular formula is C15H16N2O2S. The van der Waals surface area contributed by atoms with Gasteiger partial charge in [0.2, 0.25) is 0 Å². The minimum atomic E-state index is 0.339. The standard InChI is InChI=1S/C15H16N2O2S/c1-18-14-10-12(15(16)20)2-3-13(14)19-9-6-11-4-7-17-8-5-11/h2-5,7-8,10H,6,9H2,1H3,(H2,16,20). The Labute approximate surface area is 123 Å². The van der Waals surface area contributed by atoms with Crippen molar-refractivity contribution in [3.8, 4) is 11.5 Å². The Hall–Kier alpha value is -2.14. The molecule has 2 N–H and O–H groups in total. The summed E-state index contributed by atoms with van der Waals surface area (Å²) < 4.78 is 11.0. The molecular weight excluding hydrogens is 272 g/mol. The quantitative estimate of drug-likeness (QED) is 0.827. The first kappa shape index (κ1) is 14.3. The molecule has 0 unspecified atom stereocenters. The Morgan fingerprint density at radius 1 is 1.20 bits per heavy atom. The number of hydrogen-bond donors (Lipinski definition) is 1. The van der Waals surface area contributed by atoms with Crippen LogP contribution >= 0.6 is 12.2 Å². The van der Waals surface area contributed by atoms with Gasteiger partial charge < -0.3 is 15.2 Å². The molecule has 20 heavy (non-hydrogen) atoms. The van der Waals surface area contributed by atoms with Crippen LogP contribution in [-0.4, -0.2) is 23.7 Å². The summed E-state index contributed by atoms with van der Waals surface area (Å²) in [5.74, 6) is 1.31. The van der Waals surface area contributed by atoms with Gasteiger partial charge in [0, 0.05) is 24.4 Å². The highest BCUT2D eigenvalue weighted by Crippen LogP contribution is 2.28. The topological polar surface area (TPSA) is 57.4 Å². The van der Waals surface area contributed by atoms with Crippen LogP contribution in [0.5, 0.6) is 11.5 Å². The van der Waals surface area contributed by atoms with Gasteiger partial charge in [-0.25, -0.2) is 0 Å². The van der Waals surface area contributed by atoms with Crippen LogP contribution in [0.15, 0.2) is 42.7 Å². The number of rotatable bonds is 6. The molecule has 0 aliphatic rings. The molecule has 2 rings (SSSR count). The first-order valence-corrected chi connectivity index (χ1v) is 6.61. The van der Waals surface area contributed by atoms with Crippen molar-refractivity contribution in [1.82, 2.24) is 4.98 Å². The van der Waals surface area contributed by atoms with Crippen molar-refractivity contribution in [3.63, 3.8) is 0 Å². The van der Waals surface area contributed by atoms with Crippen molar-refractivity contribution >= 4 is 17.2 Å². The summed E-state index contributed by atoms with van der Waals surface area (Å²) in [6, 6.07) is 9.36. The molecule has 0 aliphatic carbocycles. The minimum Gasteiger partial charge on any atom is -0.493 e. The average molecular weight is 288 g/mol. The molecule has 0 aliphatic heterocycles. The molecule has 5 heteroatoms. The second-order valence-corrected chi connectivity index (χ2v) is 4.62. The number of pyridine rings is 1. The van der Waals surface area contributed by atoms with Crippen LogP contribution in [0.4, 0.5) is 0 Å². The van der Waals surface area contributed by atoms with Gasteiger partial charge in [-0.1, -0.05) is 12.2 Å². The molecule has 104 valence electrons. The molecule has 1 aromatic heterocycles. The molecule has 0 bridgehead atoms. The number of nitrogens with two attached hydrogens (primary N) is 1. The van der Waals surface area contributed by atoms with E-state index in [1.807, 2.05) is 24.3 Å². The van der Waals surface area contributed by atoms with Crippen molar-refractivity contribution in [3.05, 3.63) is 53.9 Å². The first-order valence-electron chi connectivity index (χ1n) is 6.20. The minimum absolute atomic E-state index is 0.339. The summed E-state index contributed by atoms with van der Waals surface area (Å²) in [7, 11) is 1.59. The molecule has 4 nitrogen and oxygen atoms in total. The van der Waals surface area contributed by atoms with Gasteiger partial charge in [0.1, 0.15) is 4.99 Å². The van der Waals surface area contributed by atoms with Gasteiger partial charge in [0.25, 0.3) is 0 Å². The Kier molecular flexibility index (Phi) is 4.90. The fourth-order valence-electron chi connectivity index (χ4n) is 1.77. The fraction of sp³-hybridized carbons (Fsp3) is 0.200. The second kappa shape index (κ2) is 6.86. The van der Waals surface area contributed by atoms with Gasteiger partial charge in [-0.3, -0.25) is 4.98 Å². The van der Waals surface area contributed by atoms with E-state index >= 15 is 0 Å². The maximum atomic E-state index is 5.74. The largest absolute Gasteiger partial charge is 0.493 e. The maximum Gasteiger partial charge on any atom is 0.161 e. The summed E-state index contributed by atoms with van der Waals surface area (Å²) in [6.07, 6.45) is 4.35. The number of hydrogen-bond acceptors (Lipinski definition) is 4. The fourth-order valence-corrected chi connectivity index (χ4v) is 1.90. The zero-order chi connectivity index (χ0) is 14.4. The van der Waals surface area contributed by atoms with Crippen molar-refractivity contribution in [2.24, 2.45) is 5.73 Å². The van der Waals surface area contributed by atoms with Crippen LogP contribution in [0.2, 0.25) is 0 Å². The number of methoxy groups -OCH3 is 1. The third-order valence-electron chi connectivity index (χ3n) is 2.85. The normalized spacial score (nSPS) is 10.1. The summed E-state index contributed by atoms with van der Waals surface area (Å²) >= 11 is 4.94. The van der Waals surface area contributed by atoms with Gasteiger partial charge in [-0.2, -0.15) is 0 Å². The SMILES string of the molecule is COc1cc(C(N)=S)ccc1OCCc1ccncc1. The van der Waals surface area contributed by atoms with E-state index in [0.29, 0.717) is 23.1 Å². The number of ether oxygens (including phenoxy) is 2. The molecule has 1 heterocycles. The van der Waals surface area contributed by atoms with Crippen molar-refractivity contribution < 1.29 is 9.47 Å². The molecule has 0 amide bonds. The van der Waals surface area contributed by atoms with E-state index in [1.165, 1.54) is 5.56 Å². The van der Waals surface area contributed by atoms with Crippen LogP contribution in [-0.2, 0) is 6.42 Å². The Morgan fingerprint density at radius 2 is 1.95 bits per heavy atom. The van der Waals surface area contributed by atoms with Crippen LogP contribution < -0.4 is 15.2 Å². The lowest BCUT2D eigenvalue weighted by Crippen LogP contribution is -2.10. The number of benzene rings is 1. The lowest BCUT2D eigenvalue weighted by molar-refractivity contribution is 0.297. The summed E-state index contributed by atoms with van der Waals surface area (Å²) in [5.41, 5.74) is 7.53. The van der Waals surface area contributed by atoms with Crippen LogP contribution in [0.25, 0.3) is 0 Å². The van der Waals surface area contributed by atoms with Gasteiger partial charge >= 0.3 is 0 Å². The number of nitrogens with zero attached hydrogens (tertiary/aromatic N) is 1. The van der Waals surface area contributed by atoms with E-state index in [9.17, 15) is 0 Å². The van der Waals surface area contributed by atoms with Crippen molar-refractivity contribution in [2.45, 2.75) is 6.42 Å². The predicted octanol–water partition coefficient (Wildman–Crippen LogP) is 2.35. The van der Waals surface area contributed by atoms with E-state index < -0.39 is 0 Å². The molecule has 0 saturated heterocycles. The Balaban J connectivity index is 2.00. The number of thiocarbonyl (C=S) groups is 1. The monoisotopic (exact) mass is 288 g/mol. The molecule has 0 radical (unpaired) electrons. The van der Waals surface area contributed by atoms with E-state index in [1.54, 1.807) is 25.6 Å². The average Bonchev–Trinajstić information content (AvgIpc) is 2.48. The molecule has 0 saturated carbocycles. The van der Waals surface area contributed by atoms with Crippen molar-refractivity contribution in [2.75, 3.05) is 13.7 Å². The smallest absolute Gasteiger partial charge is 0.161 e. The van der Waals surface area contributed by atoms with Crippen molar-refractivity contribution in [1.29, 1.82) is 0 Å². The highest BCUT2D eigenvalue weighted by atomic mass is 32.1. The highest BCUT2D eigenvalue weighted by Gasteiger charge is 2.07. The predicted molar refractivity (Wildman–Crippen MR) is 82.3 cm³/mol. The first-order chi connectivity index (χ1) is 9.70. The van der Waals surface area contributed by atoms with Gasteiger partial charge in [0.05, 0.1) is 13.7 Å². The summed E-state index contributed by atoms with van der Waals surface area (Å²) in [6.45, 7) is 0.562. The molecule has 0 atom stereocenters. The third-order valence-corrected chi connectivity index (χ3v) is 3.08.